The summed E-state index contributed by atoms with van der Waals surface area (Å²) in [7, 11) is 0. The summed E-state index contributed by atoms with van der Waals surface area (Å²) in [4.78, 5) is 10.9. The fraction of sp³-hybridized carbons (Fsp3) is 0.375. The van der Waals surface area contributed by atoms with Crippen molar-refractivity contribution >= 4 is 5.78 Å². The predicted molar refractivity (Wildman–Crippen MR) is 43.0 cm³/mol. The topological polar surface area (TPSA) is 58.6 Å². The van der Waals surface area contributed by atoms with Crippen molar-refractivity contribution in [3.8, 4) is 0 Å². The fourth-order valence-corrected chi connectivity index (χ4v) is 0.720. The van der Waals surface area contributed by atoms with E-state index in [4.69, 9.17) is 9.84 Å². The number of nitrogens with one attached hydrogen (secondary N) is 1. The Hall–Kier alpha value is -1.29. The zero-order valence-corrected chi connectivity index (χ0v) is 6.73. The minimum absolute atomic E-state index is 0.285. The lowest BCUT2D eigenvalue weighted by Crippen LogP contribution is -2.19. The molecule has 12 heavy (non-hydrogen) atoms. The maximum absolute atomic E-state index is 10.9. The first-order valence-corrected chi connectivity index (χ1v) is 3.67. The van der Waals surface area contributed by atoms with E-state index in [1.165, 1.54) is 19.3 Å². The van der Waals surface area contributed by atoms with Gasteiger partial charge in [-0.3, -0.25) is 4.79 Å². The lowest BCUT2D eigenvalue weighted by atomic mass is 10.2. The first kappa shape index (κ1) is 8.80. The molecule has 1 rings (SSSR count). The smallest absolute Gasteiger partial charge is 0.188 e. The van der Waals surface area contributed by atoms with Crippen molar-refractivity contribution in [2.75, 3.05) is 0 Å². The van der Waals surface area contributed by atoms with Crippen LogP contribution in [-0.2, 0) is 9.53 Å². The zero-order chi connectivity index (χ0) is 8.97. The van der Waals surface area contributed by atoms with Gasteiger partial charge >= 0.3 is 0 Å². The van der Waals surface area contributed by atoms with Gasteiger partial charge in [0.05, 0.1) is 0 Å². The summed E-state index contributed by atoms with van der Waals surface area (Å²) in [6, 6.07) is 0. The van der Waals surface area contributed by atoms with Crippen molar-refractivity contribution in [2.24, 2.45) is 0 Å². The molecule has 1 aliphatic heterocycles. The molecule has 0 saturated carbocycles. The van der Waals surface area contributed by atoms with Gasteiger partial charge in [-0.15, -0.1) is 0 Å². The average Bonchev–Trinajstić information content (AvgIpc) is 2.51. The fourth-order valence-electron chi connectivity index (χ4n) is 0.720. The average molecular weight is 169 g/mol. The monoisotopic (exact) mass is 169 g/mol. The van der Waals surface area contributed by atoms with Gasteiger partial charge in [0.1, 0.15) is 12.4 Å². The summed E-state index contributed by atoms with van der Waals surface area (Å²) in [6.07, 6.45) is 4.76. The molecule has 1 heterocycles. The SMILES string of the molecule is CC(O)C(=O)C=CC1NC=CO1. The highest BCUT2D eigenvalue weighted by molar-refractivity contribution is 5.92. The molecule has 0 fully saturated rings. The molecule has 0 spiro atoms. The molecule has 0 aromatic carbocycles. The van der Waals surface area contributed by atoms with Gasteiger partial charge in [0, 0.05) is 6.20 Å². The molecule has 0 saturated heterocycles. The Bertz CT molecular complexity index is 212. The van der Waals surface area contributed by atoms with E-state index in [9.17, 15) is 4.79 Å². The molecule has 1 aliphatic rings. The molecule has 0 radical (unpaired) electrons. The maximum Gasteiger partial charge on any atom is 0.188 e. The number of hydrogen-bond acceptors (Lipinski definition) is 4. The van der Waals surface area contributed by atoms with E-state index in [1.54, 1.807) is 12.3 Å². The normalized spacial score (nSPS) is 23.7. The summed E-state index contributed by atoms with van der Waals surface area (Å²) in [5.41, 5.74) is 0. The molecule has 0 aromatic heterocycles. The van der Waals surface area contributed by atoms with E-state index in [0.717, 1.165) is 0 Å². The highest BCUT2D eigenvalue weighted by Gasteiger charge is 2.08. The van der Waals surface area contributed by atoms with Gasteiger partial charge in [-0.2, -0.15) is 0 Å². The number of carbonyl (C=O) groups is 1. The number of ketones is 1. The van der Waals surface area contributed by atoms with Crippen LogP contribution in [0.15, 0.2) is 24.6 Å². The molecule has 4 heteroatoms. The number of ether oxygens (including phenoxy) is 1. The van der Waals surface area contributed by atoms with Crippen LogP contribution in [0.1, 0.15) is 6.92 Å². The first-order chi connectivity index (χ1) is 5.70. The van der Waals surface area contributed by atoms with Gasteiger partial charge in [-0.05, 0) is 19.1 Å². The molecule has 0 bridgehead atoms. The Morgan fingerprint density at radius 2 is 2.58 bits per heavy atom. The third kappa shape index (κ3) is 2.39. The predicted octanol–water partition coefficient (Wildman–Crippen LogP) is -0.0904. The van der Waals surface area contributed by atoms with Crippen molar-refractivity contribution in [1.29, 1.82) is 0 Å². The molecular weight excluding hydrogens is 158 g/mol. The molecule has 2 atom stereocenters. The largest absolute Gasteiger partial charge is 0.473 e. The van der Waals surface area contributed by atoms with Gasteiger partial charge in [0.2, 0.25) is 0 Å². The Morgan fingerprint density at radius 3 is 3.08 bits per heavy atom. The van der Waals surface area contributed by atoms with Crippen molar-refractivity contribution in [2.45, 2.75) is 19.3 Å². The Balaban J connectivity index is 2.34. The summed E-state index contributed by atoms with van der Waals surface area (Å²) >= 11 is 0. The van der Waals surface area contributed by atoms with Crippen LogP contribution in [0.25, 0.3) is 0 Å². The molecule has 0 aromatic rings. The number of carbonyl (C=O) groups excluding carboxylic acids is 1. The molecule has 66 valence electrons. The molecule has 2 N–H and O–H groups in total. The summed E-state index contributed by atoms with van der Waals surface area (Å²) in [5.74, 6) is -0.327. The van der Waals surface area contributed by atoms with Crippen molar-refractivity contribution in [3.05, 3.63) is 24.6 Å². The highest BCUT2D eigenvalue weighted by Crippen LogP contribution is 1.98. The van der Waals surface area contributed by atoms with Crippen LogP contribution >= 0.6 is 0 Å². The van der Waals surface area contributed by atoms with E-state index >= 15 is 0 Å². The van der Waals surface area contributed by atoms with Crippen LogP contribution in [0.2, 0.25) is 0 Å². The number of aliphatic hydroxyl groups is 1. The minimum Gasteiger partial charge on any atom is -0.473 e. The van der Waals surface area contributed by atoms with Crippen LogP contribution in [0.5, 0.6) is 0 Å². The van der Waals surface area contributed by atoms with Crippen molar-refractivity contribution < 1.29 is 14.6 Å². The lowest BCUT2D eigenvalue weighted by Gasteiger charge is -2.04. The van der Waals surface area contributed by atoms with Gasteiger partial charge in [-0.1, -0.05) is 0 Å². The molecular formula is C8H11NO3. The Morgan fingerprint density at radius 1 is 1.83 bits per heavy atom. The molecule has 2 unspecified atom stereocenters. The van der Waals surface area contributed by atoms with E-state index in [1.807, 2.05) is 0 Å². The molecule has 0 amide bonds. The second kappa shape index (κ2) is 3.92. The maximum atomic E-state index is 10.9. The van der Waals surface area contributed by atoms with E-state index in [2.05, 4.69) is 5.32 Å². The number of hydrogen-bond donors (Lipinski definition) is 2. The first-order valence-electron chi connectivity index (χ1n) is 3.67. The third-order valence-corrected chi connectivity index (χ3v) is 1.40. The van der Waals surface area contributed by atoms with E-state index in [0.29, 0.717) is 0 Å². The zero-order valence-electron chi connectivity index (χ0n) is 6.73. The van der Waals surface area contributed by atoms with Gasteiger partial charge < -0.3 is 15.2 Å². The standard InChI is InChI=1S/C8H11NO3/c1-6(10)7(11)2-3-8-9-4-5-12-8/h2-6,8-10H,1H3. The highest BCUT2D eigenvalue weighted by atomic mass is 16.5. The van der Waals surface area contributed by atoms with Crippen LogP contribution in [0.3, 0.4) is 0 Å². The van der Waals surface area contributed by atoms with Gasteiger partial charge in [0.25, 0.3) is 0 Å². The second-order valence-corrected chi connectivity index (χ2v) is 2.46. The molecule has 0 aliphatic carbocycles. The van der Waals surface area contributed by atoms with Crippen molar-refractivity contribution in [1.82, 2.24) is 5.32 Å². The van der Waals surface area contributed by atoms with Gasteiger partial charge in [-0.25, -0.2) is 0 Å². The third-order valence-electron chi connectivity index (χ3n) is 1.40. The van der Waals surface area contributed by atoms with Crippen LogP contribution in [0.4, 0.5) is 0 Å². The van der Waals surface area contributed by atoms with Crippen LogP contribution in [0, 0.1) is 0 Å². The van der Waals surface area contributed by atoms with E-state index in [-0.39, 0.29) is 12.0 Å². The number of rotatable bonds is 3. The van der Waals surface area contributed by atoms with Gasteiger partial charge in [0.15, 0.2) is 12.0 Å². The summed E-state index contributed by atoms with van der Waals surface area (Å²) < 4.78 is 4.97. The lowest BCUT2D eigenvalue weighted by molar-refractivity contribution is -0.121. The molecule has 4 nitrogen and oxygen atoms in total. The number of aliphatic hydroxyl groups excluding tert-OH is 1. The van der Waals surface area contributed by atoms with Crippen LogP contribution < -0.4 is 5.32 Å². The Kier molecular flexibility index (Phi) is 2.88. The summed E-state index contributed by atoms with van der Waals surface area (Å²) in [5, 5.41) is 11.6. The quantitative estimate of drug-likeness (QED) is 0.580. The minimum atomic E-state index is -0.949. The van der Waals surface area contributed by atoms with E-state index < -0.39 is 6.10 Å². The Labute approximate surface area is 70.5 Å². The van der Waals surface area contributed by atoms with Crippen LogP contribution in [-0.4, -0.2) is 23.2 Å². The van der Waals surface area contributed by atoms with Crippen molar-refractivity contribution in [3.63, 3.8) is 0 Å². The summed E-state index contributed by atoms with van der Waals surface area (Å²) in [6.45, 7) is 1.42. The second-order valence-electron chi connectivity index (χ2n) is 2.46.